The third-order valence-corrected chi connectivity index (χ3v) is 5.66. The molecular formula is C20H23N5OS. The summed E-state index contributed by atoms with van der Waals surface area (Å²) in [7, 11) is 1.83. The van der Waals surface area contributed by atoms with E-state index in [0.29, 0.717) is 5.16 Å². The predicted octanol–water partition coefficient (Wildman–Crippen LogP) is 3.59. The van der Waals surface area contributed by atoms with Gasteiger partial charge in [-0.3, -0.25) is 4.79 Å². The lowest BCUT2D eigenvalue weighted by Gasteiger charge is -2.25. The van der Waals surface area contributed by atoms with Gasteiger partial charge in [0.2, 0.25) is 11.1 Å². The van der Waals surface area contributed by atoms with E-state index < -0.39 is 0 Å². The second-order valence-corrected chi connectivity index (χ2v) is 7.46. The van der Waals surface area contributed by atoms with Crippen LogP contribution < -0.4 is 0 Å². The van der Waals surface area contributed by atoms with E-state index in [4.69, 9.17) is 0 Å². The first-order valence-corrected chi connectivity index (χ1v) is 9.75. The van der Waals surface area contributed by atoms with E-state index >= 15 is 0 Å². The monoisotopic (exact) mass is 381 g/mol. The van der Waals surface area contributed by atoms with E-state index in [9.17, 15) is 4.79 Å². The highest BCUT2D eigenvalue weighted by Crippen LogP contribution is 2.23. The molecule has 6 nitrogen and oxygen atoms in total. The molecule has 140 valence electrons. The summed E-state index contributed by atoms with van der Waals surface area (Å²) in [5, 5.41) is 12.5. The summed E-state index contributed by atoms with van der Waals surface area (Å²) in [6, 6.07) is 16.1. The molecule has 1 atom stereocenters. The summed E-state index contributed by atoms with van der Waals surface area (Å²) in [5.74, 6) is 0.310. The summed E-state index contributed by atoms with van der Waals surface area (Å²) in [6.45, 7) is 6.15. The Balaban J connectivity index is 1.68. The molecule has 0 aliphatic heterocycles. The molecule has 0 aliphatic rings. The molecular weight excluding hydrogens is 358 g/mol. The number of aromatic nitrogens is 4. The minimum atomic E-state index is 0.00930. The number of hydrogen-bond acceptors (Lipinski definition) is 5. The Morgan fingerprint density at radius 2 is 1.89 bits per heavy atom. The number of rotatable bonds is 6. The van der Waals surface area contributed by atoms with Gasteiger partial charge in [0, 0.05) is 7.05 Å². The van der Waals surface area contributed by atoms with Crippen molar-refractivity contribution in [1.29, 1.82) is 0 Å². The minimum Gasteiger partial charge on any atom is -0.338 e. The number of nitrogens with zero attached hydrogens (tertiary/aromatic N) is 5. The Morgan fingerprint density at radius 1 is 1.15 bits per heavy atom. The van der Waals surface area contributed by atoms with Gasteiger partial charge < -0.3 is 4.90 Å². The van der Waals surface area contributed by atoms with Crippen LogP contribution in [0.25, 0.3) is 5.69 Å². The standard InChI is InChI=1S/C20H23N5OS/c1-14-10-11-18(12-15(14)2)25-20(21-22-23-25)27-13-19(26)24(4)16(3)17-8-6-5-7-9-17/h5-12,16H,13H2,1-4H3. The van der Waals surface area contributed by atoms with Crippen LogP contribution in [0.3, 0.4) is 0 Å². The van der Waals surface area contributed by atoms with Gasteiger partial charge in [0.25, 0.3) is 0 Å². The normalized spacial score (nSPS) is 12.0. The van der Waals surface area contributed by atoms with Crippen LogP contribution in [-0.2, 0) is 4.79 Å². The second-order valence-electron chi connectivity index (χ2n) is 6.52. The molecule has 3 rings (SSSR count). The van der Waals surface area contributed by atoms with Crippen molar-refractivity contribution in [2.75, 3.05) is 12.8 Å². The summed E-state index contributed by atoms with van der Waals surface area (Å²) >= 11 is 1.34. The summed E-state index contributed by atoms with van der Waals surface area (Å²) in [5.41, 5.74) is 4.39. The Bertz CT molecular complexity index is 925. The van der Waals surface area contributed by atoms with Gasteiger partial charge in [-0.25, -0.2) is 0 Å². The van der Waals surface area contributed by atoms with Crippen molar-refractivity contribution in [2.24, 2.45) is 0 Å². The van der Waals surface area contributed by atoms with Crippen molar-refractivity contribution >= 4 is 17.7 Å². The molecule has 27 heavy (non-hydrogen) atoms. The quantitative estimate of drug-likeness (QED) is 0.611. The van der Waals surface area contributed by atoms with Crippen LogP contribution in [0.15, 0.2) is 53.7 Å². The number of carbonyl (C=O) groups excluding carboxylic acids is 1. The molecule has 7 heteroatoms. The zero-order valence-electron chi connectivity index (χ0n) is 16.0. The highest BCUT2D eigenvalue weighted by Gasteiger charge is 2.19. The largest absolute Gasteiger partial charge is 0.338 e. The van der Waals surface area contributed by atoms with Crippen molar-refractivity contribution in [1.82, 2.24) is 25.1 Å². The molecule has 0 bridgehead atoms. The summed E-state index contributed by atoms with van der Waals surface area (Å²) < 4.78 is 1.67. The molecule has 1 unspecified atom stereocenters. The average Bonchev–Trinajstić information content (AvgIpc) is 3.16. The fourth-order valence-electron chi connectivity index (χ4n) is 2.69. The number of amides is 1. The van der Waals surface area contributed by atoms with Crippen LogP contribution in [0.5, 0.6) is 0 Å². The number of hydrogen-bond donors (Lipinski definition) is 0. The Kier molecular flexibility index (Phi) is 5.91. The topological polar surface area (TPSA) is 63.9 Å². The molecule has 2 aromatic carbocycles. The Hall–Kier alpha value is -2.67. The molecule has 0 saturated heterocycles. The van der Waals surface area contributed by atoms with Crippen LogP contribution in [0.4, 0.5) is 0 Å². The molecule has 1 heterocycles. The van der Waals surface area contributed by atoms with E-state index in [1.54, 1.807) is 9.58 Å². The van der Waals surface area contributed by atoms with Crippen LogP contribution in [0, 0.1) is 13.8 Å². The molecule has 1 aromatic heterocycles. The SMILES string of the molecule is Cc1ccc(-n2nnnc2SCC(=O)N(C)C(C)c2ccccc2)cc1C. The highest BCUT2D eigenvalue weighted by molar-refractivity contribution is 7.99. The maximum absolute atomic E-state index is 12.6. The van der Waals surface area contributed by atoms with Crippen LogP contribution in [0.1, 0.15) is 29.7 Å². The van der Waals surface area contributed by atoms with Gasteiger partial charge in [-0.15, -0.1) is 5.10 Å². The van der Waals surface area contributed by atoms with Gasteiger partial charge >= 0.3 is 0 Å². The molecule has 0 aliphatic carbocycles. The number of aryl methyl sites for hydroxylation is 2. The third-order valence-electron chi connectivity index (χ3n) is 4.76. The molecule has 1 amide bonds. The van der Waals surface area contributed by atoms with Crippen molar-refractivity contribution in [3.05, 3.63) is 65.2 Å². The van der Waals surface area contributed by atoms with Gasteiger partial charge in [-0.2, -0.15) is 4.68 Å². The molecule has 3 aromatic rings. The molecule has 0 N–H and O–H groups in total. The third kappa shape index (κ3) is 4.36. The van der Waals surface area contributed by atoms with Crippen molar-refractivity contribution < 1.29 is 4.79 Å². The van der Waals surface area contributed by atoms with Crippen LogP contribution in [0.2, 0.25) is 0 Å². The van der Waals surface area contributed by atoms with E-state index in [0.717, 1.165) is 11.3 Å². The zero-order valence-corrected chi connectivity index (χ0v) is 16.8. The summed E-state index contributed by atoms with van der Waals surface area (Å²) in [6.07, 6.45) is 0. The first-order chi connectivity index (χ1) is 13.0. The van der Waals surface area contributed by atoms with Gasteiger partial charge in [-0.05, 0) is 60.0 Å². The maximum atomic E-state index is 12.6. The van der Waals surface area contributed by atoms with E-state index in [1.165, 1.54) is 22.9 Å². The van der Waals surface area contributed by atoms with Gasteiger partial charge in [0.15, 0.2) is 0 Å². The fraction of sp³-hybridized carbons (Fsp3) is 0.300. The highest BCUT2D eigenvalue weighted by atomic mass is 32.2. The van der Waals surface area contributed by atoms with E-state index in [1.807, 2.05) is 62.5 Å². The molecule has 0 fully saturated rings. The van der Waals surface area contributed by atoms with Crippen molar-refractivity contribution in [2.45, 2.75) is 32.0 Å². The minimum absolute atomic E-state index is 0.00930. The lowest BCUT2D eigenvalue weighted by molar-refractivity contribution is -0.128. The summed E-state index contributed by atoms with van der Waals surface area (Å²) in [4.78, 5) is 14.4. The van der Waals surface area contributed by atoms with Gasteiger partial charge in [-0.1, -0.05) is 48.2 Å². The number of tetrazole rings is 1. The molecule has 0 saturated carbocycles. The Morgan fingerprint density at radius 3 is 2.59 bits per heavy atom. The lowest BCUT2D eigenvalue weighted by atomic mass is 10.1. The van der Waals surface area contributed by atoms with Crippen molar-refractivity contribution in [3.8, 4) is 5.69 Å². The molecule has 0 spiro atoms. The zero-order chi connectivity index (χ0) is 19.4. The lowest BCUT2D eigenvalue weighted by Crippen LogP contribution is -2.31. The Labute approximate surface area is 163 Å². The fourth-order valence-corrected chi connectivity index (χ4v) is 3.50. The average molecular weight is 382 g/mol. The second kappa shape index (κ2) is 8.35. The predicted molar refractivity (Wildman–Crippen MR) is 107 cm³/mol. The first kappa shape index (κ1) is 19.1. The maximum Gasteiger partial charge on any atom is 0.233 e. The number of thioether (sulfide) groups is 1. The molecule has 0 radical (unpaired) electrons. The number of carbonyl (C=O) groups is 1. The van der Waals surface area contributed by atoms with Gasteiger partial charge in [0.05, 0.1) is 17.5 Å². The van der Waals surface area contributed by atoms with Crippen molar-refractivity contribution in [3.63, 3.8) is 0 Å². The van der Waals surface area contributed by atoms with Crippen LogP contribution >= 0.6 is 11.8 Å². The first-order valence-electron chi connectivity index (χ1n) is 8.77. The number of benzene rings is 2. The van der Waals surface area contributed by atoms with E-state index in [2.05, 4.69) is 29.4 Å². The van der Waals surface area contributed by atoms with Crippen LogP contribution in [-0.4, -0.2) is 43.8 Å². The smallest absolute Gasteiger partial charge is 0.233 e. The van der Waals surface area contributed by atoms with E-state index in [-0.39, 0.29) is 17.7 Å². The van der Waals surface area contributed by atoms with Gasteiger partial charge in [0.1, 0.15) is 0 Å².